The summed E-state index contributed by atoms with van der Waals surface area (Å²) in [4.78, 5) is 36.7. The summed E-state index contributed by atoms with van der Waals surface area (Å²) in [5.41, 5.74) is 0. The van der Waals surface area contributed by atoms with E-state index < -0.39 is 12.1 Å². The van der Waals surface area contributed by atoms with Gasteiger partial charge in [0.2, 0.25) is 5.91 Å². The summed E-state index contributed by atoms with van der Waals surface area (Å²) in [5.74, 6) is -0.774. The quantitative estimate of drug-likeness (QED) is 0.716. The number of likely N-dealkylation sites (tertiary alicyclic amines) is 1. The Labute approximate surface area is 119 Å². The predicted octanol–water partition coefficient (Wildman–Crippen LogP) is 0.106. The molecule has 3 amide bonds. The summed E-state index contributed by atoms with van der Waals surface area (Å²) in [5, 5.41) is 4.58. The van der Waals surface area contributed by atoms with E-state index in [1.54, 1.807) is 13.8 Å². The lowest BCUT2D eigenvalue weighted by Crippen LogP contribution is -2.52. The Morgan fingerprint density at radius 2 is 2.10 bits per heavy atom. The molecule has 2 atom stereocenters. The Balaban J connectivity index is 2.55. The number of esters is 1. The highest BCUT2D eigenvalue weighted by Crippen LogP contribution is 2.19. The molecule has 0 aromatic heterocycles. The minimum absolute atomic E-state index is 0.195. The molecule has 0 radical (unpaired) electrons. The molecule has 7 nitrogen and oxygen atoms in total. The van der Waals surface area contributed by atoms with Crippen LogP contribution in [0.2, 0.25) is 0 Å². The van der Waals surface area contributed by atoms with Crippen LogP contribution in [0.3, 0.4) is 0 Å². The van der Waals surface area contributed by atoms with E-state index in [-0.39, 0.29) is 17.8 Å². The highest BCUT2D eigenvalue weighted by Gasteiger charge is 2.31. The molecule has 0 aliphatic carbocycles. The van der Waals surface area contributed by atoms with Crippen molar-refractivity contribution in [3.05, 3.63) is 0 Å². The number of nitrogens with zero attached hydrogens (tertiary/aromatic N) is 1. The van der Waals surface area contributed by atoms with Crippen molar-refractivity contribution in [1.82, 2.24) is 15.5 Å². The third-order valence-electron chi connectivity index (χ3n) is 3.46. The first-order valence-electron chi connectivity index (χ1n) is 6.92. The van der Waals surface area contributed by atoms with Crippen LogP contribution in [-0.2, 0) is 14.3 Å². The monoisotopic (exact) mass is 285 g/mol. The zero-order valence-electron chi connectivity index (χ0n) is 12.3. The van der Waals surface area contributed by atoms with E-state index in [0.717, 1.165) is 19.4 Å². The van der Waals surface area contributed by atoms with Gasteiger partial charge in [0.1, 0.15) is 0 Å². The number of hydrogen-bond acceptors (Lipinski definition) is 5. The SMILES string of the molecule is CCOC(=O)[C@H]1CCCN([C@@H](C)C(=O)NC(=O)NC)C1. The minimum atomic E-state index is -0.527. The molecular formula is C13H23N3O4. The highest BCUT2D eigenvalue weighted by molar-refractivity contribution is 5.96. The standard InChI is InChI=1S/C13H23N3O4/c1-4-20-12(18)10-6-5-7-16(8-10)9(2)11(17)15-13(19)14-3/h9-10H,4-8H2,1-3H3,(H2,14,15,17,19)/t9-,10-/m0/s1. The number of rotatable bonds is 4. The lowest BCUT2D eigenvalue weighted by Gasteiger charge is -2.34. The number of nitrogens with one attached hydrogen (secondary N) is 2. The fourth-order valence-corrected chi connectivity index (χ4v) is 2.26. The summed E-state index contributed by atoms with van der Waals surface area (Å²) in [6.45, 7) is 5.09. The predicted molar refractivity (Wildman–Crippen MR) is 73.0 cm³/mol. The van der Waals surface area contributed by atoms with Gasteiger partial charge >= 0.3 is 12.0 Å². The van der Waals surface area contributed by atoms with Gasteiger partial charge in [-0.25, -0.2) is 4.79 Å². The summed E-state index contributed by atoms with van der Waals surface area (Å²) in [7, 11) is 1.45. The van der Waals surface area contributed by atoms with Crippen LogP contribution < -0.4 is 10.6 Å². The van der Waals surface area contributed by atoms with Gasteiger partial charge in [0, 0.05) is 13.6 Å². The van der Waals surface area contributed by atoms with Crippen LogP contribution in [0.25, 0.3) is 0 Å². The largest absolute Gasteiger partial charge is 0.466 e. The van der Waals surface area contributed by atoms with Crippen LogP contribution in [0.15, 0.2) is 0 Å². The Bertz CT molecular complexity index is 373. The number of imide groups is 1. The molecule has 1 aliphatic rings. The number of hydrogen-bond donors (Lipinski definition) is 2. The van der Waals surface area contributed by atoms with E-state index in [0.29, 0.717) is 13.2 Å². The second-order valence-electron chi connectivity index (χ2n) is 4.83. The van der Waals surface area contributed by atoms with Crippen molar-refractivity contribution < 1.29 is 19.1 Å². The lowest BCUT2D eigenvalue weighted by atomic mass is 9.97. The lowest BCUT2D eigenvalue weighted by molar-refractivity contribution is -0.151. The van der Waals surface area contributed by atoms with Crippen LogP contribution in [-0.4, -0.2) is 55.6 Å². The fraction of sp³-hybridized carbons (Fsp3) is 0.769. The van der Waals surface area contributed by atoms with Gasteiger partial charge in [-0.2, -0.15) is 0 Å². The molecule has 0 aromatic carbocycles. The molecule has 1 fully saturated rings. The van der Waals surface area contributed by atoms with Gasteiger partial charge < -0.3 is 10.1 Å². The van der Waals surface area contributed by atoms with Gasteiger partial charge in [0.05, 0.1) is 18.6 Å². The van der Waals surface area contributed by atoms with E-state index in [1.807, 2.05) is 4.90 Å². The molecule has 1 rings (SSSR count). The normalized spacial score (nSPS) is 20.9. The molecule has 1 saturated heterocycles. The molecule has 0 bridgehead atoms. The second kappa shape index (κ2) is 7.84. The maximum Gasteiger partial charge on any atom is 0.321 e. The van der Waals surface area contributed by atoms with Crippen molar-refractivity contribution in [3.63, 3.8) is 0 Å². The summed E-state index contributed by atoms with van der Waals surface area (Å²) in [6.07, 6.45) is 1.61. The van der Waals surface area contributed by atoms with Gasteiger partial charge in [0.25, 0.3) is 0 Å². The molecule has 1 aliphatic heterocycles. The minimum Gasteiger partial charge on any atom is -0.466 e. The fourth-order valence-electron chi connectivity index (χ4n) is 2.26. The second-order valence-corrected chi connectivity index (χ2v) is 4.83. The average molecular weight is 285 g/mol. The van der Waals surface area contributed by atoms with E-state index in [1.165, 1.54) is 7.05 Å². The first-order valence-corrected chi connectivity index (χ1v) is 6.92. The molecule has 0 saturated carbocycles. The molecular weight excluding hydrogens is 262 g/mol. The Hall–Kier alpha value is -1.63. The van der Waals surface area contributed by atoms with E-state index in [2.05, 4.69) is 10.6 Å². The Morgan fingerprint density at radius 1 is 1.40 bits per heavy atom. The molecule has 20 heavy (non-hydrogen) atoms. The third-order valence-corrected chi connectivity index (χ3v) is 3.46. The van der Waals surface area contributed by atoms with Gasteiger partial charge in [-0.1, -0.05) is 0 Å². The van der Waals surface area contributed by atoms with E-state index in [4.69, 9.17) is 4.74 Å². The van der Waals surface area contributed by atoms with Gasteiger partial charge in [-0.3, -0.25) is 19.8 Å². The molecule has 2 N–H and O–H groups in total. The molecule has 0 spiro atoms. The topological polar surface area (TPSA) is 87.7 Å². The van der Waals surface area contributed by atoms with Gasteiger partial charge in [-0.15, -0.1) is 0 Å². The van der Waals surface area contributed by atoms with E-state index in [9.17, 15) is 14.4 Å². The number of piperidine rings is 1. The van der Waals surface area contributed by atoms with E-state index >= 15 is 0 Å². The maximum atomic E-state index is 11.9. The molecule has 7 heteroatoms. The smallest absolute Gasteiger partial charge is 0.321 e. The number of ether oxygens (including phenoxy) is 1. The first kappa shape index (κ1) is 16.4. The van der Waals surface area contributed by atoms with Crippen molar-refractivity contribution in [1.29, 1.82) is 0 Å². The van der Waals surface area contributed by atoms with Crippen LogP contribution in [0.5, 0.6) is 0 Å². The molecule has 114 valence electrons. The van der Waals surface area contributed by atoms with Crippen LogP contribution in [0.4, 0.5) is 4.79 Å². The summed E-state index contributed by atoms with van der Waals surface area (Å²) in [6, 6.07) is -0.981. The van der Waals surface area contributed by atoms with Gasteiger partial charge in [0.15, 0.2) is 0 Å². The number of urea groups is 1. The van der Waals surface area contributed by atoms with Crippen LogP contribution in [0, 0.1) is 5.92 Å². The average Bonchev–Trinajstić information content (AvgIpc) is 2.46. The van der Waals surface area contributed by atoms with Crippen molar-refractivity contribution in [2.45, 2.75) is 32.7 Å². The van der Waals surface area contributed by atoms with Gasteiger partial charge in [-0.05, 0) is 33.2 Å². The van der Waals surface area contributed by atoms with Crippen molar-refractivity contribution in [2.75, 3.05) is 26.7 Å². The Morgan fingerprint density at radius 3 is 2.70 bits per heavy atom. The van der Waals surface area contributed by atoms with Crippen molar-refractivity contribution >= 4 is 17.9 Å². The number of carbonyl (C=O) groups is 3. The third kappa shape index (κ3) is 4.48. The maximum absolute atomic E-state index is 11.9. The highest BCUT2D eigenvalue weighted by atomic mass is 16.5. The Kier molecular flexibility index (Phi) is 6.44. The van der Waals surface area contributed by atoms with Crippen LogP contribution in [0.1, 0.15) is 26.7 Å². The zero-order chi connectivity index (χ0) is 15.1. The van der Waals surface area contributed by atoms with Crippen LogP contribution >= 0.6 is 0 Å². The first-order chi connectivity index (χ1) is 9.49. The van der Waals surface area contributed by atoms with Crippen molar-refractivity contribution in [3.8, 4) is 0 Å². The molecule has 0 aromatic rings. The zero-order valence-corrected chi connectivity index (χ0v) is 12.3. The number of carbonyl (C=O) groups excluding carboxylic acids is 3. The molecule has 0 unspecified atom stereocenters. The van der Waals surface area contributed by atoms with Crippen molar-refractivity contribution in [2.24, 2.45) is 5.92 Å². The molecule has 1 heterocycles. The summed E-state index contributed by atoms with van der Waals surface area (Å²) < 4.78 is 5.02. The number of amides is 3. The summed E-state index contributed by atoms with van der Waals surface area (Å²) >= 11 is 0.